The van der Waals surface area contributed by atoms with E-state index in [-0.39, 0.29) is 12.1 Å². The Kier molecular flexibility index (Phi) is 10.0. The minimum Gasteiger partial charge on any atom is -0.493 e. The molecule has 1 atom stereocenters. The van der Waals surface area contributed by atoms with Crippen molar-refractivity contribution < 1.29 is 33.7 Å². The van der Waals surface area contributed by atoms with Crippen molar-refractivity contribution in [2.24, 2.45) is 0 Å². The van der Waals surface area contributed by atoms with Crippen LogP contribution in [0.15, 0.2) is 12.1 Å². The Balaban J connectivity index is 2.72. The Labute approximate surface area is 168 Å². The molecule has 0 fully saturated rings. The van der Waals surface area contributed by atoms with Crippen LogP contribution in [0, 0.1) is 0 Å². The molecule has 1 aromatic rings. The van der Waals surface area contributed by atoms with Crippen LogP contribution >= 0.6 is 11.8 Å². The number of ether oxygens (including phenoxy) is 3. The lowest BCUT2D eigenvalue weighted by atomic mass is 10.1. The fourth-order valence-corrected chi connectivity index (χ4v) is 3.01. The summed E-state index contributed by atoms with van der Waals surface area (Å²) in [6, 6.07) is 1.91. The highest BCUT2D eigenvalue weighted by Crippen LogP contribution is 2.38. The zero-order valence-corrected chi connectivity index (χ0v) is 17.2. The van der Waals surface area contributed by atoms with Crippen molar-refractivity contribution in [2.75, 3.05) is 39.4 Å². The lowest BCUT2D eigenvalue weighted by Gasteiger charge is -2.15. The Morgan fingerprint density at radius 2 is 1.71 bits per heavy atom. The molecule has 0 aromatic heterocycles. The van der Waals surface area contributed by atoms with E-state index in [0.717, 1.165) is 5.75 Å². The number of hydrogen-bond acceptors (Lipinski definition) is 7. The van der Waals surface area contributed by atoms with Gasteiger partial charge in [-0.05, 0) is 30.1 Å². The van der Waals surface area contributed by atoms with Gasteiger partial charge in [-0.1, -0.05) is 6.92 Å². The molecule has 1 unspecified atom stereocenters. The van der Waals surface area contributed by atoms with Crippen molar-refractivity contribution in [3.63, 3.8) is 0 Å². The maximum Gasteiger partial charge on any atom is 0.326 e. The van der Waals surface area contributed by atoms with E-state index in [9.17, 15) is 19.5 Å². The van der Waals surface area contributed by atoms with Gasteiger partial charge < -0.3 is 30.0 Å². The highest BCUT2D eigenvalue weighted by Gasteiger charge is 2.21. The summed E-state index contributed by atoms with van der Waals surface area (Å²) in [5, 5.41) is 14.0. The minimum absolute atomic E-state index is 0.205. The summed E-state index contributed by atoms with van der Waals surface area (Å²) in [4.78, 5) is 35.6. The van der Waals surface area contributed by atoms with E-state index >= 15 is 0 Å². The SMILES string of the molecule is CCSCCC(NC(=O)CNC(=O)c1cc(OC)c(OC)c(OC)c1)C(=O)O. The van der Waals surface area contributed by atoms with Crippen molar-refractivity contribution in [3.8, 4) is 17.2 Å². The number of methoxy groups -OCH3 is 3. The van der Waals surface area contributed by atoms with Crippen molar-refractivity contribution in [1.82, 2.24) is 10.6 Å². The van der Waals surface area contributed by atoms with Gasteiger partial charge in [0.05, 0.1) is 27.9 Å². The second-order valence-electron chi connectivity index (χ2n) is 5.54. The summed E-state index contributed by atoms with van der Waals surface area (Å²) in [6.07, 6.45) is 0.306. The lowest BCUT2D eigenvalue weighted by molar-refractivity contribution is -0.141. The number of amides is 2. The van der Waals surface area contributed by atoms with Gasteiger partial charge in [-0.25, -0.2) is 4.79 Å². The molecule has 0 bridgehead atoms. The van der Waals surface area contributed by atoms with E-state index in [1.54, 1.807) is 11.8 Å². The van der Waals surface area contributed by atoms with Gasteiger partial charge in [-0.2, -0.15) is 11.8 Å². The molecule has 1 rings (SSSR count). The molecular weight excluding hydrogens is 388 g/mol. The molecule has 0 spiro atoms. The van der Waals surface area contributed by atoms with Gasteiger partial charge in [-0.15, -0.1) is 0 Å². The summed E-state index contributed by atoms with van der Waals surface area (Å²) in [5.41, 5.74) is 0.205. The maximum atomic E-state index is 12.4. The summed E-state index contributed by atoms with van der Waals surface area (Å²) < 4.78 is 15.6. The van der Waals surface area contributed by atoms with E-state index in [1.807, 2.05) is 6.92 Å². The number of benzene rings is 1. The van der Waals surface area contributed by atoms with E-state index in [0.29, 0.717) is 29.4 Å². The average Bonchev–Trinajstić information content (AvgIpc) is 2.69. The molecule has 0 aliphatic rings. The molecule has 9 nitrogen and oxygen atoms in total. The van der Waals surface area contributed by atoms with E-state index in [4.69, 9.17) is 14.2 Å². The van der Waals surface area contributed by atoms with E-state index < -0.39 is 23.8 Å². The van der Waals surface area contributed by atoms with Gasteiger partial charge in [0.25, 0.3) is 5.91 Å². The van der Waals surface area contributed by atoms with Gasteiger partial charge in [0, 0.05) is 5.56 Å². The maximum absolute atomic E-state index is 12.4. The second kappa shape index (κ2) is 12.0. The van der Waals surface area contributed by atoms with Crippen LogP contribution in [0.25, 0.3) is 0 Å². The number of rotatable bonds is 12. The molecule has 3 N–H and O–H groups in total. The number of carboxylic acids is 1. The first kappa shape index (κ1) is 23.4. The quantitative estimate of drug-likeness (QED) is 0.435. The predicted octanol–water partition coefficient (Wildman–Crippen LogP) is 1.15. The molecule has 1 aromatic carbocycles. The number of carbonyl (C=O) groups is 3. The molecule has 10 heteroatoms. The predicted molar refractivity (Wildman–Crippen MR) is 106 cm³/mol. The summed E-state index contributed by atoms with van der Waals surface area (Å²) in [6.45, 7) is 1.61. The molecular formula is C18H26N2O7S. The highest BCUT2D eigenvalue weighted by atomic mass is 32.2. The Hall–Kier alpha value is -2.62. The molecule has 0 saturated carbocycles. The van der Waals surface area contributed by atoms with Gasteiger partial charge in [0.2, 0.25) is 11.7 Å². The third-order valence-electron chi connectivity index (χ3n) is 3.72. The fraction of sp³-hybridized carbons (Fsp3) is 0.500. The van der Waals surface area contributed by atoms with Crippen LogP contribution in [0.1, 0.15) is 23.7 Å². The standard InChI is InChI=1S/C18H26N2O7S/c1-5-28-7-6-12(18(23)24)20-15(21)10-19-17(22)11-8-13(25-2)16(27-4)14(9-11)26-3/h8-9,12H,5-7,10H2,1-4H3,(H,19,22)(H,20,21)(H,23,24). The molecule has 0 aliphatic carbocycles. The largest absolute Gasteiger partial charge is 0.493 e. The summed E-state index contributed by atoms with van der Waals surface area (Å²) in [5.74, 6) is 0.190. The summed E-state index contributed by atoms with van der Waals surface area (Å²) in [7, 11) is 4.30. The third kappa shape index (κ3) is 6.84. The molecule has 0 heterocycles. The van der Waals surface area contributed by atoms with Gasteiger partial charge in [-0.3, -0.25) is 9.59 Å². The molecule has 0 saturated heterocycles. The lowest BCUT2D eigenvalue weighted by Crippen LogP contribution is -2.45. The van der Waals surface area contributed by atoms with Crippen molar-refractivity contribution in [1.29, 1.82) is 0 Å². The first-order valence-electron chi connectivity index (χ1n) is 8.55. The third-order valence-corrected chi connectivity index (χ3v) is 4.66. The van der Waals surface area contributed by atoms with Gasteiger partial charge in [0.1, 0.15) is 6.04 Å². The molecule has 0 aliphatic heterocycles. The van der Waals surface area contributed by atoms with Crippen LogP contribution in [-0.4, -0.2) is 68.3 Å². The number of nitrogens with one attached hydrogen (secondary N) is 2. The average molecular weight is 414 g/mol. The fourth-order valence-electron chi connectivity index (χ4n) is 2.32. The molecule has 0 radical (unpaired) electrons. The highest BCUT2D eigenvalue weighted by molar-refractivity contribution is 7.99. The van der Waals surface area contributed by atoms with E-state index in [1.165, 1.54) is 33.5 Å². The topological polar surface area (TPSA) is 123 Å². The number of thioether (sulfide) groups is 1. The second-order valence-corrected chi connectivity index (χ2v) is 6.93. The first-order chi connectivity index (χ1) is 13.4. The smallest absolute Gasteiger partial charge is 0.326 e. The Morgan fingerprint density at radius 3 is 2.18 bits per heavy atom. The Morgan fingerprint density at radius 1 is 1.11 bits per heavy atom. The number of hydrogen-bond donors (Lipinski definition) is 3. The van der Waals surface area contributed by atoms with Gasteiger partial charge in [0.15, 0.2) is 11.5 Å². The molecule has 28 heavy (non-hydrogen) atoms. The van der Waals surface area contributed by atoms with Crippen LogP contribution in [0.3, 0.4) is 0 Å². The van der Waals surface area contributed by atoms with Crippen molar-refractivity contribution in [3.05, 3.63) is 17.7 Å². The minimum atomic E-state index is -1.11. The van der Waals surface area contributed by atoms with Crippen LogP contribution in [0.2, 0.25) is 0 Å². The van der Waals surface area contributed by atoms with Crippen LogP contribution in [0.5, 0.6) is 17.2 Å². The number of carbonyl (C=O) groups excluding carboxylic acids is 2. The van der Waals surface area contributed by atoms with Crippen molar-refractivity contribution >= 4 is 29.5 Å². The zero-order chi connectivity index (χ0) is 21.1. The molecule has 2 amide bonds. The zero-order valence-electron chi connectivity index (χ0n) is 16.4. The van der Waals surface area contributed by atoms with Crippen molar-refractivity contribution in [2.45, 2.75) is 19.4 Å². The van der Waals surface area contributed by atoms with Crippen LogP contribution in [0.4, 0.5) is 0 Å². The number of carboxylic acid groups (broad SMARTS) is 1. The Bertz CT molecular complexity index is 672. The summed E-state index contributed by atoms with van der Waals surface area (Å²) >= 11 is 1.59. The first-order valence-corrected chi connectivity index (χ1v) is 9.71. The number of aliphatic carboxylic acids is 1. The van der Waals surface area contributed by atoms with Crippen LogP contribution in [-0.2, 0) is 9.59 Å². The van der Waals surface area contributed by atoms with Crippen LogP contribution < -0.4 is 24.8 Å². The monoisotopic (exact) mass is 414 g/mol. The molecule has 156 valence electrons. The van der Waals surface area contributed by atoms with Gasteiger partial charge >= 0.3 is 5.97 Å². The van der Waals surface area contributed by atoms with E-state index in [2.05, 4.69) is 10.6 Å². The normalized spacial score (nSPS) is 11.3.